The van der Waals surface area contributed by atoms with Crippen LogP contribution in [0.25, 0.3) is 0 Å². The zero-order chi connectivity index (χ0) is 14.7. The molecule has 0 aromatic heterocycles. The number of nitriles is 1. The second kappa shape index (κ2) is 5.57. The first-order valence-corrected chi connectivity index (χ1v) is 5.92. The molecular formula is C15H12F2N2O. The Kier molecular flexibility index (Phi) is 3.85. The highest BCUT2D eigenvalue weighted by molar-refractivity contribution is 5.56. The molecule has 0 aliphatic heterocycles. The first-order chi connectivity index (χ1) is 9.49. The summed E-state index contributed by atoms with van der Waals surface area (Å²) in [5.41, 5.74) is 6.62. The van der Waals surface area contributed by atoms with Gasteiger partial charge in [0.25, 0.3) is 0 Å². The first kappa shape index (κ1) is 13.8. The maximum atomic E-state index is 13.1. The predicted molar refractivity (Wildman–Crippen MR) is 71.0 cm³/mol. The van der Waals surface area contributed by atoms with Crippen LogP contribution in [0.4, 0.5) is 14.5 Å². The maximum absolute atomic E-state index is 13.1. The number of halogens is 2. The molecule has 5 heteroatoms. The number of nitrogen functional groups attached to an aromatic ring is 1. The highest BCUT2D eigenvalue weighted by Crippen LogP contribution is 2.25. The van der Waals surface area contributed by atoms with E-state index in [2.05, 4.69) is 0 Å². The average Bonchev–Trinajstić information content (AvgIpc) is 2.39. The molecule has 0 radical (unpaired) electrons. The number of nitrogens with two attached hydrogens (primary N) is 1. The highest BCUT2D eigenvalue weighted by Gasteiger charge is 2.11. The molecular weight excluding hydrogens is 262 g/mol. The molecule has 102 valence electrons. The smallest absolute Gasteiger partial charge is 0.126 e. The summed E-state index contributed by atoms with van der Waals surface area (Å²) in [4.78, 5) is 0. The van der Waals surface area contributed by atoms with Crippen LogP contribution in [0, 0.1) is 23.0 Å². The lowest BCUT2D eigenvalue weighted by Crippen LogP contribution is -2.04. The van der Waals surface area contributed by atoms with Crippen molar-refractivity contribution in [2.24, 2.45) is 0 Å². The van der Waals surface area contributed by atoms with E-state index >= 15 is 0 Å². The molecule has 1 unspecified atom stereocenters. The lowest BCUT2D eigenvalue weighted by Gasteiger charge is -2.15. The number of hydrogen-bond acceptors (Lipinski definition) is 3. The lowest BCUT2D eigenvalue weighted by atomic mass is 10.1. The van der Waals surface area contributed by atoms with Gasteiger partial charge in [-0.2, -0.15) is 5.26 Å². The molecule has 0 fully saturated rings. The van der Waals surface area contributed by atoms with E-state index in [9.17, 15) is 8.78 Å². The van der Waals surface area contributed by atoms with Gasteiger partial charge < -0.3 is 10.5 Å². The molecule has 0 spiro atoms. The van der Waals surface area contributed by atoms with Gasteiger partial charge in [0.05, 0.1) is 5.56 Å². The molecule has 2 aromatic carbocycles. The molecule has 3 nitrogen and oxygen atoms in total. The molecule has 2 N–H and O–H groups in total. The fourth-order valence-electron chi connectivity index (χ4n) is 1.79. The highest BCUT2D eigenvalue weighted by atomic mass is 19.1. The van der Waals surface area contributed by atoms with Crippen LogP contribution in [0.5, 0.6) is 5.75 Å². The molecule has 0 heterocycles. The van der Waals surface area contributed by atoms with Gasteiger partial charge in [0.1, 0.15) is 29.6 Å². The number of ether oxygens (including phenoxy) is 1. The van der Waals surface area contributed by atoms with Crippen LogP contribution < -0.4 is 10.5 Å². The van der Waals surface area contributed by atoms with Gasteiger partial charge in [-0.3, -0.25) is 0 Å². The third-order valence-corrected chi connectivity index (χ3v) is 2.81. The number of nitrogens with zero attached hydrogens (tertiary/aromatic N) is 1. The van der Waals surface area contributed by atoms with Gasteiger partial charge in [0.2, 0.25) is 0 Å². The van der Waals surface area contributed by atoms with Gasteiger partial charge in [-0.25, -0.2) is 8.78 Å². The molecule has 2 rings (SSSR count). The number of benzene rings is 2. The van der Waals surface area contributed by atoms with Crippen molar-refractivity contribution in [1.82, 2.24) is 0 Å². The minimum Gasteiger partial charge on any atom is -0.486 e. The quantitative estimate of drug-likeness (QED) is 0.870. The summed E-state index contributed by atoms with van der Waals surface area (Å²) in [7, 11) is 0. The van der Waals surface area contributed by atoms with Crippen molar-refractivity contribution in [2.75, 3.05) is 5.73 Å². The number of rotatable bonds is 3. The van der Waals surface area contributed by atoms with Gasteiger partial charge in [-0.15, -0.1) is 0 Å². The summed E-state index contributed by atoms with van der Waals surface area (Å²) in [5, 5.41) is 8.88. The second-order valence-corrected chi connectivity index (χ2v) is 4.32. The zero-order valence-electron chi connectivity index (χ0n) is 10.7. The second-order valence-electron chi connectivity index (χ2n) is 4.32. The van der Waals surface area contributed by atoms with Crippen molar-refractivity contribution in [3.8, 4) is 11.8 Å². The van der Waals surface area contributed by atoms with Gasteiger partial charge >= 0.3 is 0 Å². The van der Waals surface area contributed by atoms with Gasteiger partial charge in [0, 0.05) is 17.8 Å². The topological polar surface area (TPSA) is 59.0 Å². The standard InChI is InChI=1S/C15H12F2N2O/c1-9(10-4-12(16)7-13(17)5-10)20-14-2-3-15(19)11(6-14)8-18/h2-7,9H,19H2,1H3. The largest absolute Gasteiger partial charge is 0.486 e. The molecule has 0 amide bonds. The van der Waals surface area contributed by atoms with E-state index in [0.717, 1.165) is 6.07 Å². The Labute approximate surface area is 115 Å². The van der Waals surface area contributed by atoms with E-state index in [-0.39, 0.29) is 0 Å². The van der Waals surface area contributed by atoms with Crippen LogP contribution in [-0.2, 0) is 0 Å². The van der Waals surface area contributed by atoms with E-state index in [1.165, 1.54) is 18.2 Å². The Bertz CT molecular complexity index is 660. The van der Waals surface area contributed by atoms with Crippen molar-refractivity contribution in [1.29, 1.82) is 5.26 Å². The van der Waals surface area contributed by atoms with Crippen LogP contribution in [0.1, 0.15) is 24.2 Å². The molecule has 0 aliphatic carbocycles. The molecule has 0 aliphatic rings. The van der Waals surface area contributed by atoms with Crippen molar-refractivity contribution in [2.45, 2.75) is 13.0 Å². The average molecular weight is 274 g/mol. The molecule has 2 aromatic rings. The van der Waals surface area contributed by atoms with Crippen LogP contribution in [0.3, 0.4) is 0 Å². The third kappa shape index (κ3) is 3.04. The van der Waals surface area contributed by atoms with Gasteiger partial charge in [0.15, 0.2) is 0 Å². The van der Waals surface area contributed by atoms with Crippen molar-refractivity contribution in [3.63, 3.8) is 0 Å². The monoisotopic (exact) mass is 274 g/mol. The molecule has 20 heavy (non-hydrogen) atoms. The zero-order valence-corrected chi connectivity index (χ0v) is 10.7. The molecule has 0 saturated heterocycles. The Morgan fingerprint density at radius 2 is 1.80 bits per heavy atom. The Morgan fingerprint density at radius 1 is 1.15 bits per heavy atom. The summed E-state index contributed by atoms with van der Waals surface area (Å²) in [6, 6.07) is 9.79. The van der Waals surface area contributed by atoms with Crippen LogP contribution in [0.2, 0.25) is 0 Å². The van der Waals surface area contributed by atoms with Crippen molar-refractivity contribution in [3.05, 3.63) is 59.2 Å². The van der Waals surface area contributed by atoms with Crippen molar-refractivity contribution < 1.29 is 13.5 Å². The minimum atomic E-state index is -0.662. The number of anilines is 1. The van der Waals surface area contributed by atoms with E-state index in [1.54, 1.807) is 19.1 Å². The summed E-state index contributed by atoms with van der Waals surface area (Å²) < 4.78 is 31.9. The fourth-order valence-corrected chi connectivity index (χ4v) is 1.79. The molecule has 1 atom stereocenters. The third-order valence-electron chi connectivity index (χ3n) is 2.81. The maximum Gasteiger partial charge on any atom is 0.126 e. The molecule has 0 bridgehead atoms. The minimum absolute atomic E-state index is 0.292. The fraction of sp³-hybridized carbons (Fsp3) is 0.133. The normalized spacial score (nSPS) is 11.7. The molecule has 0 saturated carbocycles. The van der Waals surface area contributed by atoms with E-state index in [4.69, 9.17) is 15.7 Å². The SMILES string of the molecule is CC(Oc1ccc(N)c(C#N)c1)c1cc(F)cc(F)c1. The summed E-state index contributed by atoms with van der Waals surface area (Å²) in [6.07, 6.45) is -0.560. The van der Waals surface area contributed by atoms with E-state index in [1.807, 2.05) is 6.07 Å². The van der Waals surface area contributed by atoms with E-state index in [0.29, 0.717) is 22.6 Å². The lowest BCUT2D eigenvalue weighted by molar-refractivity contribution is 0.226. The number of hydrogen-bond donors (Lipinski definition) is 1. The van der Waals surface area contributed by atoms with Crippen LogP contribution >= 0.6 is 0 Å². The van der Waals surface area contributed by atoms with Gasteiger partial charge in [-0.1, -0.05) is 0 Å². The Balaban J connectivity index is 2.23. The Morgan fingerprint density at radius 3 is 2.40 bits per heavy atom. The Hall–Kier alpha value is -2.61. The van der Waals surface area contributed by atoms with Crippen molar-refractivity contribution >= 4 is 5.69 Å². The van der Waals surface area contributed by atoms with E-state index < -0.39 is 17.7 Å². The summed E-state index contributed by atoms with van der Waals surface area (Å²) >= 11 is 0. The summed E-state index contributed by atoms with van der Waals surface area (Å²) in [6.45, 7) is 1.66. The first-order valence-electron chi connectivity index (χ1n) is 5.92. The predicted octanol–water partition coefficient (Wildman–Crippen LogP) is 3.56. The van der Waals surface area contributed by atoms with Crippen LogP contribution in [-0.4, -0.2) is 0 Å². The summed E-state index contributed by atoms with van der Waals surface area (Å²) in [5.74, 6) is -0.913. The van der Waals surface area contributed by atoms with Gasteiger partial charge in [-0.05, 0) is 36.8 Å². The van der Waals surface area contributed by atoms with Crippen LogP contribution in [0.15, 0.2) is 36.4 Å².